The van der Waals surface area contributed by atoms with Crippen molar-refractivity contribution in [2.24, 2.45) is 0 Å². The van der Waals surface area contributed by atoms with Crippen molar-refractivity contribution >= 4 is 21.6 Å². The molecule has 1 aromatic heterocycles. The number of carbonyl (C=O) groups excluding carboxylic acids is 1. The Labute approximate surface area is 219 Å². The summed E-state index contributed by atoms with van der Waals surface area (Å²) in [5.74, 6) is -0.807. The van der Waals surface area contributed by atoms with E-state index in [0.717, 1.165) is 11.5 Å². The number of phosphoric ester groups is 2. The number of aromatic nitrogens is 2. The molecule has 10 atom stereocenters. The first-order chi connectivity index (χ1) is 18.0. The molecule has 1 amide bonds. The van der Waals surface area contributed by atoms with Gasteiger partial charge in [-0.3, -0.25) is 32.8 Å². The van der Waals surface area contributed by atoms with Crippen molar-refractivity contribution in [3.63, 3.8) is 0 Å². The average Bonchev–Trinajstić information content (AvgIpc) is 3.18. The molecule has 2 aliphatic rings. The predicted molar refractivity (Wildman–Crippen MR) is 119 cm³/mol. The Balaban J connectivity index is 1.64. The lowest BCUT2D eigenvalue weighted by Crippen LogP contribution is -2.64. The number of aliphatic hydroxyl groups excluding tert-OH is 4. The maximum atomic E-state index is 12.3. The van der Waals surface area contributed by atoms with Gasteiger partial charge in [-0.25, -0.2) is 9.11 Å². The molecule has 2 unspecified atom stereocenters. The SMILES string of the molecule is CC(=O)N[C@H]1[C@@H](OP(=O)([O-])OP(=O)([O-])OC[C@H]2O[C@@H](n3cc(C)c(=O)[nH]c3=O)C[C@@H]2O)O[C@H](CO)[C@H](O)[C@@H]1O. The first-order valence-electron chi connectivity index (χ1n) is 11.2. The fourth-order valence-electron chi connectivity index (χ4n) is 3.85. The second kappa shape index (κ2) is 12.4. The zero-order valence-electron chi connectivity index (χ0n) is 20.3. The highest BCUT2D eigenvalue weighted by molar-refractivity contribution is 7.59. The molecule has 2 saturated heterocycles. The minimum absolute atomic E-state index is 0.158. The molecular weight excluding hydrogens is 576 g/mol. The first kappa shape index (κ1) is 31.7. The highest BCUT2D eigenvalue weighted by Gasteiger charge is 2.47. The van der Waals surface area contributed by atoms with E-state index in [0.29, 0.717) is 0 Å². The second-order valence-electron chi connectivity index (χ2n) is 8.72. The molecule has 2 aliphatic heterocycles. The summed E-state index contributed by atoms with van der Waals surface area (Å²) in [5.41, 5.74) is -1.33. The van der Waals surface area contributed by atoms with E-state index in [1.807, 2.05) is 4.98 Å². The molecule has 0 spiro atoms. The van der Waals surface area contributed by atoms with Gasteiger partial charge in [-0.05, 0) is 6.92 Å². The molecule has 3 heterocycles. The molecule has 1 aromatic rings. The minimum atomic E-state index is -5.88. The van der Waals surface area contributed by atoms with Crippen molar-refractivity contribution in [2.45, 2.75) is 69.3 Å². The molecule has 3 rings (SSSR count). The molecular formula is C18H27N3O16P2-2. The molecule has 0 aromatic carbocycles. The number of nitrogens with zero attached hydrogens (tertiary/aromatic N) is 1. The third-order valence-corrected chi connectivity index (χ3v) is 8.27. The zero-order valence-corrected chi connectivity index (χ0v) is 22.1. The van der Waals surface area contributed by atoms with Crippen molar-refractivity contribution < 1.29 is 67.0 Å². The van der Waals surface area contributed by atoms with Crippen molar-refractivity contribution in [2.75, 3.05) is 13.2 Å². The Morgan fingerprint density at radius 1 is 1.18 bits per heavy atom. The number of ether oxygens (including phenoxy) is 2. The number of rotatable bonds is 10. The van der Waals surface area contributed by atoms with Gasteiger partial charge in [0.05, 0.1) is 19.3 Å². The van der Waals surface area contributed by atoms with Gasteiger partial charge >= 0.3 is 5.69 Å². The quantitative estimate of drug-likeness (QED) is 0.137. The Bertz CT molecular complexity index is 1250. The molecule has 19 nitrogen and oxygen atoms in total. The van der Waals surface area contributed by atoms with Gasteiger partial charge in [0, 0.05) is 25.1 Å². The van der Waals surface area contributed by atoms with Gasteiger partial charge in [0.25, 0.3) is 21.2 Å². The van der Waals surface area contributed by atoms with Crippen LogP contribution in [-0.4, -0.2) is 91.9 Å². The molecule has 21 heteroatoms. The molecule has 0 bridgehead atoms. The van der Waals surface area contributed by atoms with Crippen molar-refractivity contribution in [1.29, 1.82) is 0 Å². The number of phosphoric acid groups is 2. The summed E-state index contributed by atoms with van der Waals surface area (Å²) >= 11 is 0. The van der Waals surface area contributed by atoms with Gasteiger partial charge in [-0.15, -0.1) is 0 Å². The topological polar surface area (TPSA) is 291 Å². The number of hydrogen-bond acceptors (Lipinski definition) is 16. The van der Waals surface area contributed by atoms with E-state index in [-0.39, 0.29) is 12.0 Å². The minimum Gasteiger partial charge on any atom is -0.756 e. The monoisotopic (exact) mass is 603 g/mol. The fourth-order valence-corrected chi connectivity index (χ4v) is 5.94. The standard InChI is InChI=1S/C18H29N3O16P2/c1-7-4-21(18(28)20-16(7)27)12-3-9(24)11(34-12)6-33-38(29,30)37-39(31,32)36-17-13(19-8(2)23)15(26)14(25)10(5-22)35-17/h4,9-15,17,22,24-26H,3,5-6H2,1-2H3,(H,19,23)(H,29,30)(H,31,32)(H,20,27,28)/p-2/t9-,10+,11+,12+,13+,14-,15+,17+/m0/s1. The lowest BCUT2D eigenvalue weighted by molar-refractivity contribution is -0.285. The van der Waals surface area contributed by atoms with E-state index < -0.39 is 95.1 Å². The number of nitrogens with one attached hydrogen (secondary N) is 2. The van der Waals surface area contributed by atoms with E-state index in [1.165, 1.54) is 13.1 Å². The van der Waals surface area contributed by atoms with Crippen LogP contribution in [0.25, 0.3) is 0 Å². The maximum absolute atomic E-state index is 12.3. The Morgan fingerprint density at radius 2 is 1.85 bits per heavy atom. The molecule has 39 heavy (non-hydrogen) atoms. The fraction of sp³-hybridized carbons (Fsp3) is 0.722. The number of hydrogen-bond donors (Lipinski definition) is 6. The van der Waals surface area contributed by atoms with E-state index in [1.54, 1.807) is 0 Å². The van der Waals surface area contributed by atoms with E-state index in [4.69, 9.17) is 9.47 Å². The normalized spacial score (nSPS) is 34.3. The number of carbonyl (C=O) groups is 1. The van der Waals surface area contributed by atoms with E-state index in [2.05, 4.69) is 18.7 Å². The van der Waals surface area contributed by atoms with Gasteiger partial charge in [0.15, 0.2) is 6.29 Å². The second-order valence-corrected chi connectivity index (χ2v) is 11.6. The zero-order chi connectivity index (χ0) is 29.3. The van der Waals surface area contributed by atoms with Crippen LogP contribution in [0.3, 0.4) is 0 Å². The summed E-state index contributed by atoms with van der Waals surface area (Å²) in [5, 5.41) is 41.7. The van der Waals surface area contributed by atoms with Crippen LogP contribution >= 0.6 is 15.6 Å². The average molecular weight is 603 g/mol. The smallest absolute Gasteiger partial charge is 0.330 e. The number of aromatic amines is 1. The van der Waals surface area contributed by atoms with E-state index >= 15 is 0 Å². The van der Waals surface area contributed by atoms with Gasteiger partial charge in [-0.1, -0.05) is 0 Å². The Hall–Kier alpha value is -1.83. The van der Waals surface area contributed by atoms with Crippen molar-refractivity contribution in [3.05, 3.63) is 32.6 Å². The van der Waals surface area contributed by atoms with Gasteiger partial charge in [0.1, 0.15) is 36.7 Å². The van der Waals surface area contributed by atoms with Gasteiger partial charge < -0.3 is 49.5 Å². The van der Waals surface area contributed by atoms with Crippen molar-refractivity contribution in [3.8, 4) is 0 Å². The lowest BCUT2D eigenvalue weighted by Gasteiger charge is -2.44. The van der Waals surface area contributed by atoms with Crippen LogP contribution in [0.1, 0.15) is 25.1 Å². The molecule has 0 radical (unpaired) electrons. The molecule has 222 valence electrons. The van der Waals surface area contributed by atoms with Gasteiger partial charge in [-0.2, -0.15) is 0 Å². The third-order valence-electron chi connectivity index (χ3n) is 5.74. The maximum Gasteiger partial charge on any atom is 0.330 e. The summed E-state index contributed by atoms with van der Waals surface area (Å²) in [6.45, 7) is 0.535. The van der Waals surface area contributed by atoms with Crippen LogP contribution < -0.4 is 26.4 Å². The highest BCUT2D eigenvalue weighted by atomic mass is 31.3. The van der Waals surface area contributed by atoms with Crippen LogP contribution in [0.2, 0.25) is 0 Å². The third kappa shape index (κ3) is 7.89. The van der Waals surface area contributed by atoms with Crippen LogP contribution in [0.4, 0.5) is 0 Å². The van der Waals surface area contributed by atoms with Gasteiger partial charge in [0.2, 0.25) is 5.91 Å². The number of aliphatic hydroxyl groups is 4. The van der Waals surface area contributed by atoms with E-state index in [9.17, 15) is 53.7 Å². The first-order valence-corrected chi connectivity index (χ1v) is 14.2. The summed E-state index contributed by atoms with van der Waals surface area (Å²) in [4.78, 5) is 61.5. The summed E-state index contributed by atoms with van der Waals surface area (Å²) in [6, 6.07) is -1.72. The Morgan fingerprint density at radius 3 is 2.46 bits per heavy atom. The molecule has 0 aliphatic carbocycles. The van der Waals surface area contributed by atoms with Crippen molar-refractivity contribution in [1.82, 2.24) is 14.9 Å². The summed E-state index contributed by atoms with van der Waals surface area (Å²) in [6.07, 6.45) is -10.3. The van der Waals surface area contributed by atoms with Crippen LogP contribution in [0, 0.1) is 6.92 Å². The molecule has 6 N–H and O–H groups in total. The van der Waals surface area contributed by atoms with Crippen LogP contribution in [0.5, 0.6) is 0 Å². The molecule has 0 saturated carbocycles. The van der Waals surface area contributed by atoms with Crippen LogP contribution in [-0.2, 0) is 36.8 Å². The summed E-state index contributed by atoms with van der Waals surface area (Å²) in [7, 11) is -11.6. The Kier molecular flexibility index (Phi) is 10.0. The highest BCUT2D eigenvalue weighted by Crippen LogP contribution is 2.57. The number of amides is 1. The predicted octanol–water partition coefficient (Wildman–Crippen LogP) is -4.58. The number of H-pyrrole nitrogens is 1. The molecule has 2 fully saturated rings. The lowest BCUT2D eigenvalue weighted by atomic mass is 9.97. The largest absolute Gasteiger partial charge is 0.756 e. The van der Waals surface area contributed by atoms with Crippen LogP contribution in [0.15, 0.2) is 15.8 Å². The summed E-state index contributed by atoms with van der Waals surface area (Å²) < 4.78 is 48.9. The number of aryl methyl sites for hydroxylation is 1.